The second kappa shape index (κ2) is 5.77. The molecule has 0 aromatic rings. The Bertz CT molecular complexity index is 360. The largest absolute Gasteiger partial charge is 0.490 e. The SMILES string of the molecule is CCNC(=O)[C@]1(OC(=O)C(F)(F)F)CC[C@@H](NC)C1. The number of ether oxygens (including phenoxy) is 1. The Hall–Kier alpha value is -1.31. The Balaban J connectivity index is 2.88. The summed E-state index contributed by atoms with van der Waals surface area (Å²) in [4.78, 5) is 22.9. The molecule has 0 aromatic carbocycles. The highest BCUT2D eigenvalue weighted by molar-refractivity contribution is 5.89. The first-order valence-corrected chi connectivity index (χ1v) is 6.01. The molecular weight excluding hydrogens is 265 g/mol. The van der Waals surface area contributed by atoms with Gasteiger partial charge in [-0.15, -0.1) is 0 Å². The van der Waals surface area contributed by atoms with Crippen LogP contribution in [0.15, 0.2) is 0 Å². The number of carbonyl (C=O) groups is 2. The molecule has 1 saturated carbocycles. The maximum atomic E-state index is 12.3. The Kier molecular flexibility index (Phi) is 4.78. The number of likely N-dealkylation sites (N-methyl/N-ethyl adjacent to an activating group) is 1. The van der Waals surface area contributed by atoms with Crippen molar-refractivity contribution in [3.05, 3.63) is 0 Å². The summed E-state index contributed by atoms with van der Waals surface area (Å²) in [6.07, 6.45) is -4.51. The van der Waals surface area contributed by atoms with Crippen molar-refractivity contribution in [2.45, 2.75) is 44.0 Å². The van der Waals surface area contributed by atoms with Gasteiger partial charge in [-0.25, -0.2) is 4.79 Å². The smallest absolute Gasteiger partial charge is 0.442 e. The maximum Gasteiger partial charge on any atom is 0.490 e. The minimum Gasteiger partial charge on any atom is -0.442 e. The molecule has 0 radical (unpaired) electrons. The molecule has 110 valence electrons. The molecule has 0 aliphatic heterocycles. The van der Waals surface area contributed by atoms with Crippen molar-refractivity contribution in [2.24, 2.45) is 0 Å². The number of carbonyl (C=O) groups excluding carboxylic acids is 2. The summed E-state index contributed by atoms with van der Waals surface area (Å²) in [6, 6.07) is -0.149. The van der Waals surface area contributed by atoms with Crippen LogP contribution in [0, 0.1) is 0 Å². The van der Waals surface area contributed by atoms with Crippen LogP contribution in [0.3, 0.4) is 0 Å². The van der Waals surface area contributed by atoms with E-state index in [1.54, 1.807) is 14.0 Å². The minimum atomic E-state index is -5.10. The van der Waals surface area contributed by atoms with Crippen LogP contribution >= 0.6 is 0 Å². The summed E-state index contributed by atoms with van der Waals surface area (Å²) in [5.74, 6) is -3.00. The number of esters is 1. The molecule has 1 aliphatic rings. The standard InChI is InChI=1S/C11H17F3N2O3/c1-3-16-8(17)10(5-4-7(6-10)15-2)19-9(18)11(12,13)14/h7,15H,3-6H2,1-2H3,(H,16,17)/t7-,10+/m1/s1. The predicted octanol–water partition coefficient (Wildman–Crippen LogP) is 0.739. The number of halogens is 3. The number of nitrogens with one attached hydrogen (secondary N) is 2. The van der Waals surface area contributed by atoms with E-state index < -0.39 is 23.7 Å². The summed E-state index contributed by atoms with van der Waals surface area (Å²) in [5, 5.41) is 5.29. The maximum absolute atomic E-state index is 12.3. The van der Waals surface area contributed by atoms with E-state index in [1.165, 1.54) is 0 Å². The molecule has 0 bridgehead atoms. The molecule has 0 spiro atoms. The molecular formula is C11H17F3N2O3. The van der Waals surface area contributed by atoms with E-state index >= 15 is 0 Å². The van der Waals surface area contributed by atoms with Crippen molar-refractivity contribution in [3.8, 4) is 0 Å². The van der Waals surface area contributed by atoms with Crippen LogP contribution in [0.25, 0.3) is 0 Å². The van der Waals surface area contributed by atoms with Crippen molar-refractivity contribution in [1.82, 2.24) is 10.6 Å². The Morgan fingerprint density at radius 3 is 2.47 bits per heavy atom. The quantitative estimate of drug-likeness (QED) is 0.746. The fraction of sp³-hybridized carbons (Fsp3) is 0.818. The zero-order valence-corrected chi connectivity index (χ0v) is 10.8. The predicted molar refractivity (Wildman–Crippen MR) is 60.3 cm³/mol. The van der Waals surface area contributed by atoms with Gasteiger partial charge in [0.05, 0.1) is 0 Å². The van der Waals surface area contributed by atoms with E-state index in [1.807, 2.05) is 0 Å². The number of alkyl halides is 3. The lowest BCUT2D eigenvalue weighted by Gasteiger charge is -2.28. The van der Waals surface area contributed by atoms with Crippen molar-refractivity contribution in [3.63, 3.8) is 0 Å². The molecule has 2 atom stereocenters. The lowest BCUT2D eigenvalue weighted by Crippen LogP contribution is -2.51. The third-order valence-corrected chi connectivity index (χ3v) is 3.15. The first kappa shape index (κ1) is 15.7. The number of hydrogen-bond acceptors (Lipinski definition) is 4. The third-order valence-electron chi connectivity index (χ3n) is 3.15. The van der Waals surface area contributed by atoms with E-state index in [0.717, 1.165) is 0 Å². The van der Waals surface area contributed by atoms with Gasteiger partial charge in [0.15, 0.2) is 5.60 Å². The summed E-state index contributed by atoms with van der Waals surface area (Å²) >= 11 is 0. The van der Waals surface area contributed by atoms with Crippen molar-refractivity contribution in [2.75, 3.05) is 13.6 Å². The number of hydrogen-bond donors (Lipinski definition) is 2. The molecule has 5 nitrogen and oxygen atoms in total. The van der Waals surface area contributed by atoms with Crippen LogP contribution in [-0.2, 0) is 14.3 Å². The monoisotopic (exact) mass is 282 g/mol. The molecule has 0 aromatic heterocycles. The molecule has 1 fully saturated rings. The van der Waals surface area contributed by atoms with Gasteiger partial charge in [-0.2, -0.15) is 13.2 Å². The zero-order valence-electron chi connectivity index (χ0n) is 10.8. The van der Waals surface area contributed by atoms with Gasteiger partial charge >= 0.3 is 12.1 Å². The van der Waals surface area contributed by atoms with Crippen LogP contribution in [0.4, 0.5) is 13.2 Å². The summed E-state index contributed by atoms with van der Waals surface area (Å²) in [5.41, 5.74) is -1.73. The first-order valence-electron chi connectivity index (χ1n) is 6.01. The van der Waals surface area contributed by atoms with Gasteiger partial charge < -0.3 is 15.4 Å². The lowest BCUT2D eigenvalue weighted by molar-refractivity contribution is -0.214. The van der Waals surface area contributed by atoms with Gasteiger partial charge in [0.25, 0.3) is 5.91 Å². The molecule has 0 saturated heterocycles. The number of rotatable bonds is 4. The topological polar surface area (TPSA) is 67.4 Å². The summed E-state index contributed by atoms with van der Waals surface area (Å²) in [7, 11) is 1.64. The second-order valence-electron chi connectivity index (χ2n) is 4.47. The van der Waals surface area contributed by atoms with Gasteiger partial charge in [-0.05, 0) is 26.8 Å². The lowest BCUT2D eigenvalue weighted by atomic mass is 10.0. The Labute approximate surface area is 108 Å². The molecule has 0 unspecified atom stereocenters. The fourth-order valence-corrected chi connectivity index (χ4v) is 2.16. The van der Waals surface area contributed by atoms with Crippen LogP contribution in [0.1, 0.15) is 26.2 Å². The van der Waals surface area contributed by atoms with E-state index in [4.69, 9.17) is 0 Å². The van der Waals surface area contributed by atoms with Crippen molar-refractivity contribution < 1.29 is 27.5 Å². The van der Waals surface area contributed by atoms with E-state index in [2.05, 4.69) is 15.4 Å². The van der Waals surface area contributed by atoms with E-state index in [9.17, 15) is 22.8 Å². The molecule has 1 aliphatic carbocycles. The molecule has 2 N–H and O–H groups in total. The molecule has 0 heterocycles. The van der Waals surface area contributed by atoms with E-state index in [0.29, 0.717) is 6.42 Å². The van der Waals surface area contributed by atoms with Crippen LogP contribution < -0.4 is 10.6 Å². The average molecular weight is 282 g/mol. The van der Waals surface area contributed by atoms with E-state index in [-0.39, 0.29) is 25.4 Å². The molecule has 8 heteroatoms. The highest BCUT2D eigenvalue weighted by Crippen LogP contribution is 2.35. The Morgan fingerprint density at radius 2 is 2.05 bits per heavy atom. The summed E-state index contributed by atoms with van der Waals surface area (Å²) < 4.78 is 41.3. The molecule has 1 amide bonds. The van der Waals surface area contributed by atoms with Crippen LogP contribution in [0.2, 0.25) is 0 Å². The second-order valence-corrected chi connectivity index (χ2v) is 4.47. The van der Waals surface area contributed by atoms with Crippen molar-refractivity contribution in [1.29, 1.82) is 0 Å². The van der Waals surface area contributed by atoms with Gasteiger partial charge in [-0.3, -0.25) is 4.79 Å². The normalized spacial score (nSPS) is 27.1. The Morgan fingerprint density at radius 1 is 1.42 bits per heavy atom. The fourth-order valence-electron chi connectivity index (χ4n) is 2.16. The van der Waals surface area contributed by atoms with Crippen LogP contribution in [0.5, 0.6) is 0 Å². The highest BCUT2D eigenvalue weighted by atomic mass is 19.4. The minimum absolute atomic E-state index is 0.0388. The van der Waals surface area contributed by atoms with Gasteiger partial charge in [0, 0.05) is 19.0 Å². The van der Waals surface area contributed by atoms with Gasteiger partial charge in [0.2, 0.25) is 0 Å². The third kappa shape index (κ3) is 3.59. The summed E-state index contributed by atoms with van der Waals surface area (Å²) in [6.45, 7) is 1.90. The average Bonchev–Trinajstić information content (AvgIpc) is 2.73. The molecule has 1 rings (SSSR count). The van der Waals surface area contributed by atoms with Gasteiger partial charge in [0.1, 0.15) is 0 Å². The first-order chi connectivity index (χ1) is 8.75. The van der Waals surface area contributed by atoms with Gasteiger partial charge in [-0.1, -0.05) is 0 Å². The highest BCUT2D eigenvalue weighted by Gasteiger charge is 2.53. The number of amides is 1. The van der Waals surface area contributed by atoms with Crippen molar-refractivity contribution >= 4 is 11.9 Å². The zero-order chi connectivity index (χ0) is 14.7. The molecule has 19 heavy (non-hydrogen) atoms. The van der Waals surface area contributed by atoms with Crippen LogP contribution in [-0.4, -0.2) is 43.3 Å².